The lowest BCUT2D eigenvalue weighted by molar-refractivity contribution is 0.330. The van der Waals surface area contributed by atoms with Gasteiger partial charge in [0.05, 0.1) is 6.61 Å². The molecule has 2 rings (SSSR count). The molecule has 1 heterocycles. The predicted octanol–water partition coefficient (Wildman–Crippen LogP) is 3.29. The molecule has 0 aromatic heterocycles. The predicted molar refractivity (Wildman–Crippen MR) is 66.8 cm³/mol. The van der Waals surface area contributed by atoms with Gasteiger partial charge in [-0.05, 0) is 32.4 Å². The number of para-hydroxylation sites is 1. The highest BCUT2D eigenvalue weighted by molar-refractivity contribution is 5.36. The molecule has 1 saturated heterocycles. The maximum Gasteiger partial charge on any atom is 0.124 e. The zero-order valence-electron chi connectivity index (χ0n) is 10.0. The van der Waals surface area contributed by atoms with Crippen LogP contribution in [0.5, 0.6) is 5.75 Å². The maximum absolute atomic E-state index is 5.69. The molecule has 1 aliphatic rings. The molecule has 1 aromatic rings. The van der Waals surface area contributed by atoms with Gasteiger partial charge >= 0.3 is 0 Å². The minimum absolute atomic E-state index is 0.477. The fraction of sp³-hybridized carbons (Fsp3) is 0.571. The molecule has 0 amide bonds. The smallest absolute Gasteiger partial charge is 0.124 e. The van der Waals surface area contributed by atoms with Crippen molar-refractivity contribution in [2.24, 2.45) is 0 Å². The van der Waals surface area contributed by atoms with Gasteiger partial charge in [0.15, 0.2) is 0 Å². The van der Waals surface area contributed by atoms with Gasteiger partial charge in [0.1, 0.15) is 5.75 Å². The van der Waals surface area contributed by atoms with Crippen LogP contribution in [0, 0.1) is 0 Å². The Morgan fingerprint density at radius 2 is 2.12 bits per heavy atom. The van der Waals surface area contributed by atoms with Crippen LogP contribution in [0.2, 0.25) is 0 Å². The second-order valence-electron chi connectivity index (χ2n) is 4.33. The summed E-state index contributed by atoms with van der Waals surface area (Å²) in [5.74, 6) is 1.05. The lowest BCUT2D eigenvalue weighted by atomic mass is 10.0. The van der Waals surface area contributed by atoms with Crippen molar-refractivity contribution < 1.29 is 4.74 Å². The van der Waals surface area contributed by atoms with E-state index in [0.717, 1.165) is 18.9 Å². The number of hydrogen-bond donors (Lipinski definition) is 1. The molecule has 1 fully saturated rings. The van der Waals surface area contributed by atoms with Gasteiger partial charge in [-0.2, -0.15) is 0 Å². The minimum atomic E-state index is 0.477. The average molecular weight is 219 g/mol. The van der Waals surface area contributed by atoms with Crippen molar-refractivity contribution >= 4 is 0 Å². The molecule has 2 nitrogen and oxygen atoms in total. The molecule has 0 saturated carbocycles. The summed E-state index contributed by atoms with van der Waals surface area (Å²) in [5.41, 5.74) is 1.33. The first-order valence-corrected chi connectivity index (χ1v) is 6.37. The van der Waals surface area contributed by atoms with Crippen LogP contribution in [0.3, 0.4) is 0 Å². The molecular formula is C14H21NO. The van der Waals surface area contributed by atoms with Crippen LogP contribution in [-0.2, 0) is 0 Å². The van der Waals surface area contributed by atoms with Crippen molar-refractivity contribution in [1.82, 2.24) is 5.32 Å². The zero-order valence-corrected chi connectivity index (χ0v) is 10.0. The summed E-state index contributed by atoms with van der Waals surface area (Å²) in [6.45, 7) is 3.91. The summed E-state index contributed by atoms with van der Waals surface area (Å²) in [6, 6.07) is 8.89. The lowest BCUT2D eigenvalue weighted by Crippen LogP contribution is -2.20. The largest absolute Gasteiger partial charge is 0.494 e. The molecule has 0 radical (unpaired) electrons. The number of ether oxygens (including phenoxy) is 1. The molecule has 0 aliphatic carbocycles. The summed E-state index contributed by atoms with van der Waals surface area (Å²) >= 11 is 0. The fourth-order valence-electron chi connectivity index (χ4n) is 2.35. The summed E-state index contributed by atoms with van der Waals surface area (Å²) in [5, 5.41) is 3.62. The molecule has 0 spiro atoms. The van der Waals surface area contributed by atoms with Gasteiger partial charge in [0.25, 0.3) is 0 Å². The summed E-state index contributed by atoms with van der Waals surface area (Å²) in [4.78, 5) is 0. The second-order valence-corrected chi connectivity index (χ2v) is 4.33. The van der Waals surface area contributed by atoms with Crippen molar-refractivity contribution in [3.05, 3.63) is 29.8 Å². The number of rotatable bonds is 3. The monoisotopic (exact) mass is 219 g/mol. The Balaban J connectivity index is 2.16. The second kappa shape index (κ2) is 5.90. The average Bonchev–Trinajstić information content (AvgIpc) is 2.59. The van der Waals surface area contributed by atoms with Crippen LogP contribution >= 0.6 is 0 Å². The molecular weight excluding hydrogens is 198 g/mol. The molecule has 1 atom stereocenters. The Kier molecular flexibility index (Phi) is 4.23. The highest BCUT2D eigenvalue weighted by Crippen LogP contribution is 2.29. The molecule has 0 unspecified atom stereocenters. The van der Waals surface area contributed by atoms with Gasteiger partial charge < -0.3 is 10.1 Å². The first kappa shape index (κ1) is 11.5. The standard InChI is InChI=1S/C14H21NO/c1-2-16-14-10-6-5-8-12(14)13-9-4-3-7-11-15-13/h5-6,8,10,13,15H,2-4,7,9,11H2,1H3/t13-/m0/s1. The number of hydrogen-bond acceptors (Lipinski definition) is 2. The first-order chi connectivity index (χ1) is 7.92. The quantitative estimate of drug-likeness (QED) is 0.842. The van der Waals surface area contributed by atoms with Gasteiger partial charge in [0.2, 0.25) is 0 Å². The Hall–Kier alpha value is -1.02. The molecule has 2 heteroatoms. The van der Waals surface area contributed by atoms with E-state index in [1.807, 2.05) is 13.0 Å². The number of nitrogens with one attached hydrogen (secondary N) is 1. The zero-order chi connectivity index (χ0) is 11.2. The Bertz CT molecular complexity index is 316. The van der Waals surface area contributed by atoms with Crippen molar-refractivity contribution in [3.63, 3.8) is 0 Å². The third-order valence-electron chi connectivity index (χ3n) is 3.15. The van der Waals surface area contributed by atoms with E-state index in [-0.39, 0.29) is 0 Å². The SMILES string of the molecule is CCOc1ccccc1[C@@H]1CCCCCN1. The van der Waals surface area contributed by atoms with Gasteiger partial charge in [0, 0.05) is 11.6 Å². The lowest BCUT2D eigenvalue weighted by Gasteiger charge is -2.19. The van der Waals surface area contributed by atoms with E-state index < -0.39 is 0 Å². The van der Waals surface area contributed by atoms with E-state index >= 15 is 0 Å². The fourth-order valence-corrected chi connectivity index (χ4v) is 2.35. The van der Waals surface area contributed by atoms with Gasteiger partial charge in [-0.1, -0.05) is 31.0 Å². The van der Waals surface area contributed by atoms with Crippen LogP contribution < -0.4 is 10.1 Å². The highest BCUT2D eigenvalue weighted by Gasteiger charge is 2.16. The van der Waals surface area contributed by atoms with Crippen LogP contribution in [0.15, 0.2) is 24.3 Å². The normalized spacial score (nSPS) is 21.4. The van der Waals surface area contributed by atoms with Crippen LogP contribution in [0.4, 0.5) is 0 Å². The topological polar surface area (TPSA) is 21.3 Å². The summed E-state index contributed by atoms with van der Waals surface area (Å²) in [6.07, 6.45) is 5.19. The summed E-state index contributed by atoms with van der Waals surface area (Å²) < 4.78 is 5.69. The van der Waals surface area contributed by atoms with E-state index in [9.17, 15) is 0 Å². The molecule has 1 aromatic carbocycles. The third-order valence-corrected chi connectivity index (χ3v) is 3.15. The molecule has 88 valence electrons. The molecule has 1 N–H and O–H groups in total. The Labute approximate surface area is 98.0 Å². The molecule has 1 aliphatic heterocycles. The Morgan fingerprint density at radius 1 is 1.25 bits per heavy atom. The van der Waals surface area contributed by atoms with E-state index in [0.29, 0.717) is 6.04 Å². The third kappa shape index (κ3) is 2.76. The van der Waals surface area contributed by atoms with Gasteiger partial charge in [-0.25, -0.2) is 0 Å². The highest BCUT2D eigenvalue weighted by atomic mass is 16.5. The maximum atomic E-state index is 5.69. The first-order valence-electron chi connectivity index (χ1n) is 6.37. The Morgan fingerprint density at radius 3 is 3.00 bits per heavy atom. The van der Waals surface area contributed by atoms with E-state index in [2.05, 4.69) is 23.5 Å². The van der Waals surface area contributed by atoms with Crippen molar-refractivity contribution in [1.29, 1.82) is 0 Å². The van der Waals surface area contributed by atoms with E-state index in [1.54, 1.807) is 0 Å². The van der Waals surface area contributed by atoms with Crippen LogP contribution in [-0.4, -0.2) is 13.2 Å². The van der Waals surface area contributed by atoms with Gasteiger partial charge in [-0.3, -0.25) is 0 Å². The van der Waals surface area contributed by atoms with Crippen molar-refractivity contribution in [3.8, 4) is 5.75 Å². The minimum Gasteiger partial charge on any atom is -0.494 e. The molecule has 16 heavy (non-hydrogen) atoms. The van der Waals surface area contributed by atoms with Crippen molar-refractivity contribution in [2.75, 3.05) is 13.2 Å². The van der Waals surface area contributed by atoms with Crippen molar-refractivity contribution in [2.45, 2.75) is 38.6 Å². The van der Waals surface area contributed by atoms with E-state index in [1.165, 1.54) is 31.2 Å². The molecule has 0 bridgehead atoms. The summed E-state index contributed by atoms with van der Waals surface area (Å²) in [7, 11) is 0. The van der Waals surface area contributed by atoms with Crippen LogP contribution in [0.1, 0.15) is 44.2 Å². The van der Waals surface area contributed by atoms with Gasteiger partial charge in [-0.15, -0.1) is 0 Å². The van der Waals surface area contributed by atoms with Crippen LogP contribution in [0.25, 0.3) is 0 Å². The number of benzene rings is 1. The van der Waals surface area contributed by atoms with E-state index in [4.69, 9.17) is 4.74 Å².